The Morgan fingerprint density at radius 3 is 2.11 bits per heavy atom. The van der Waals surface area contributed by atoms with E-state index in [0.29, 0.717) is 0 Å². The second-order valence-corrected chi connectivity index (χ2v) is 3.63. The molecule has 0 unspecified atom stereocenters. The standard InChI is InChI=1S/C7H13BrO/c1-4-5-7(2,3)6(8)9/h4-5H2,1-3H3. The minimum absolute atomic E-state index is 0.108. The molecule has 0 amide bonds. The number of carbonyl (C=O) groups is 1. The zero-order chi connectivity index (χ0) is 7.49. The smallest absolute Gasteiger partial charge is 0.203 e. The van der Waals surface area contributed by atoms with Gasteiger partial charge in [0, 0.05) is 5.41 Å². The Labute approximate surface area is 65.0 Å². The molecule has 0 aromatic carbocycles. The van der Waals surface area contributed by atoms with Gasteiger partial charge in [-0.1, -0.05) is 27.2 Å². The molecule has 0 bridgehead atoms. The second kappa shape index (κ2) is 3.35. The number of hydrogen-bond acceptors (Lipinski definition) is 1. The topological polar surface area (TPSA) is 17.1 Å². The van der Waals surface area contributed by atoms with Crippen LogP contribution in [0.2, 0.25) is 0 Å². The van der Waals surface area contributed by atoms with Crippen molar-refractivity contribution in [3.63, 3.8) is 0 Å². The molecule has 0 aliphatic carbocycles. The molecule has 54 valence electrons. The van der Waals surface area contributed by atoms with Crippen LogP contribution in [0.3, 0.4) is 0 Å². The molecule has 0 atom stereocenters. The second-order valence-electron chi connectivity index (χ2n) is 2.91. The van der Waals surface area contributed by atoms with Crippen LogP contribution in [-0.4, -0.2) is 4.69 Å². The highest BCUT2D eigenvalue weighted by molar-refractivity contribution is 9.18. The van der Waals surface area contributed by atoms with Crippen molar-refractivity contribution in [2.45, 2.75) is 33.6 Å². The maximum atomic E-state index is 10.8. The van der Waals surface area contributed by atoms with E-state index in [4.69, 9.17) is 0 Å². The Hall–Kier alpha value is 0.150. The lowest BCUT2D eigenvalue weighted by atomic mass is 9.90. The van der Waals surface area contributed by atoms with Crippen LogP contribution in [0.5, 0.6) is 0 Å². The lowest BCUT2D eigenvalue weighted by Crippen LogP contribution is -2.18. The minimum atomic E-state index is -0.172. The Morgan fingerprint density at radius 2 is 2.00 bits per heavy atom. The first-order chi connectivity index (χ1) is 4.00. The first-order valence-corrected chi connectivity index (χ1v) is 4.00. The number of halogens is 1. The summed E-state index contributed by atoms with van der Waals surface area (Å²) in [4.78, 5) is 10.8. The molecule has 1 nitrogen and oxygen atoms in total. The van der Waals surface area contributed by atoms with E-state index in [9.17, 15) is 4.79 Å². The van der Waals surface area contributed by atoms with Gasteiger partial charge in [-0.15, -0.1) is 0 Å². The van der Waals surface area contributed by atoms with Crippen LogP contribution in [0.25, 0.3) is 0 Å². The molecule has 0 N–H and O–H groups in total. The van der Waals surface area contributed by atoms with Crippen molar-refractivity contribution in [1.29, 1.82) is 0 Å². The van der Waals surface area contributed by atoms with Crippen molar-refractivity contribution in [2.75, 3.05) is 0 Å². The van der Waals surface area contributed by atoms with Crippen molar-refractivity contribution in [3.05, 3.63) is 0 Å². The van der Waals surface area contributed by atoms with Crippen molar-refractivity contribution in [1.82, 2.24) is 0 Å². The third-order valence-corrected chi connectivity index (χ3v) is 2.48. The molecule has 0 saturated heterocycles. The molecular formula is C7H13BrO. The molecule has 0 fully saturated rings. The molecule has 0 rings (SSSR count). The number of carbonyl (C=O) groups excluding carboxylic acids is 1. The molecule has 0 saturated carbocycles. The molecule has 0 heterocycles. The van der Waals surface area contributed by atoms with Gasteiger partial charge in [-0.3, -0.25) is 4.79 Å². The fourth-order valence-electron chi connectivity index (χ4n) is 0.723. The van der Waals surface area contributed by atoms with Gasteiger partial charge in [-0.25, -0.2) is 0 Å². The quantitative estimate of drug-likeness (QED) is 0.629. The van der Waals surface area contributed by atoms with Crippen molar-refractivity contribution < 1.29 is 4.79 Å². The van der Waals surface area contributed by atoms with E-state index in [1.54, 1.807) is 0 Å². The maximum Gasteiger partial charge on any atom is 0.203 e. The van der Waals surface area contributed by atoms with Crippen LogP contribution < -0.4 is 0 Å². The maximum absolute atomic E-state index is 10.8. The highest BCUT2D eigenvalue weighted by Crippen LogP contribution is 2.25. The summed E-state index contributed by atoms with van der Waals surface area (Å²) >= 11 is 2.96. The van der Waals surface area contributed by atoms with E-state index in [1.165, 1.54) is 0 Å². The molecule has 0 aliphatic rings. The molecule has 0 aliphatic heterocycles. The Balaban J connectivity index is 3.85. The monoisotopic (exact) mass is 192 g/mol. The van der Waals surface area contributed by atoms with Crippen LogP contribution in [0.1, 0.15) is 33.6 Å². The Morgan fingerprint density at radius 1 is 1.56 bits per heavy atom. The molecular weight excluding hydrogens is 180 g/mol. The summed E-state index contributed by atoms with van der Waals surface area (Å²) in [5.41, 5.74) is -0.172. The molecule has 0 spiro atoms. The van der Waals surface area contributed by atoms with Gasteiger partial charge in [0.25, 0.3) is 0 Å². The van der Waals surface area contributed by atoms with Gasteiger partial charge in [-0.2, -0.15) is 0 Å². The van der Waals surface area contributed by atoms with Gasteiger partial charge in [0.05, 0.1) is 0 Å². The summed E-state index contributed by atoms with van der Waals surface area (Å²) in [5, 5.41) is 0. The van der Waals surface area contributed by atoms with E-state index < -0.39 is 0 Å². The normalized spacial score (nSPS) is 11.6. The Bertz CT molecular complexity index is 107. The predicted molar refractivity (Wildman–Crippen MR) is 42.6 cm³/mol. The van der Waals surface area contributed by atoms with Gasteiger partial charge in [-0.05, 0) is 22.4 Å². The van der Waals surface area contributed by atoms with E-state index in [2.05, 4.69) is 22.9 Å². The zero-order valence-electron chi connectivity index (χ0n) is 6.20. The van der Waals surface area contributed by atoms with E-state index in [-0.39, 0.29) is 10.1 Å². The average molecular weight is 193 g/mol. The van der Waals surface area contributed by atoms with Crippen LogP contribution >= 0.6 is 15.9 Å². The highest BCUT2D eigenvalue weighted by atomic mass is 79.9. The van der Waals surface area contributed by atoms with Crippen molar-refractivity contribution in [2.24, 2.45) is 5.41 Å². The minimum Gasteiger partial charge on any atom is -0.286 e. The van der Waals surface area contributed by atoms with Gasteiger partial charge in [0.2, 0.25) is 4.69 Å². The molecule has 0 aromatic rings. The van der Waals surface area contributed by atoms with Crippen LogP contribution in [0, 0.1) is 5.41 Å². The molecule has 0 radical (unpaired) electrons. The summed E-state index contributed by atoms with van der Waals surface area (Å²) in [6.45, 7) is 5.98. The van der Waals surface area contributed by atoms with Crippen LogP contribution in [0.15, 0.2) is 0 Å². The van der Waals surface area contributed by atoms with E-state index in [1.807, 2.05) is 13.8 Å². The fraction of sp³-hybridized carbons (Fsp3) is 0.857. The first kappa shape index (κ1) is 9.15. The van der Waals surface area contributed by atoms with Gasteiger partial charge in [0.1, 0.15) is 0 Å². The lowest BCUT2D eigenvalue weighted by Gasteiger charge is -2.17. The molecule has 0 aromatic heterocycles. The largest absolute Gasteiger partial charge is 0.286 e. The summed E-state index contributed by atoms with van der Waals surface area (Å²) in [5.74, 6) is 0. The summed E-state index contributed by atoms with van der Waals surface area (Å²) < 4.78 is 0.108. The van der Waals surface area contributed by atoms with Gasteiger partial charge >= 0.3 is 0 Å². The third kappa shape index (κ3) is 2.99. The summed E-state index contributed by atoms with van der Waals surface area (Å²) in [6.07, 6.45) is 2.02. The van der Waals surface area contributed by atoms with E-state index >= 15 is 0 Å². The van der Waals surface area contributed by atoms with E-state index in [0.717, 1.165) is 12.8 Å². The number of hydrogen-bond donors (Lipinski definition) is 0. The average Bonchev–Trinajstić information content (AvgIpc) is 1.65. The summed E-state index contributed by atoms with van der Waals surface area (Å²) in [6, 6.07) is 0. The zero-order valence-corrected chi connectivity index (χ0v) is 7.79. The molecule has 9 heavy (non-hydrogen) atoms. The van der Waals surface area contributed by atoms with Gasteiger partial charge in [0.15, 0.2) is 0 Å². The summed E-state index contributed by atoms with van der Waals surface area (Å²) in [7, 11) is 0. The number of rotatable bonds is 3. The van der Waals surface area contributed by atoms with Crippen molar-refractivity contribution in [3.8, 4) is 0 Å². The predicted octanol–water partition coefficient (Wildman–Crippen LogP) is 2.73. The lowest BCUT2D eigenvalue weighted by molar-refractivity contribution is -0.117. The van der Waals surface area contributed by atoms with Crippen LogP contribution in [0.4, 0.5) is 0 Å². The van der Waals surface area contributed by atoms with Gasteiger partial charge < -0.3 is 0 Å². The fourth-order valence-corrected chi connectivity index (χ4v) is 0.922. The van der Waals surface area contributed by atoms with Crippen LogP contribution in [-0.2, 0) is 4.79 Å². The molecule has 2 heteroatoms. The SMILES string of the molecule is CCCC(C)(C)C(=O)Br. The van der Waals surface area contributed by atoms with Crippen molar-refractivity contribution >= 4 is 20.6 Å². The first-order valence-electron chi connectivity index (χ1n) is 3.20. The Kier molecular flexibility index (Phi) is 3.41. The highest BCUT2D eigenvalue weighted by Gasteiger charge is 2.23. The third-order valence-electron chi connectivity index (χ3n) is 1.41.